The number of rotatable bonds is 4. The van der Waals surface area contributed by atoms with Crippen LogP contribution in [0.5, 0.6) is 0 Å². The number of hydrogen-bond acceptors (Lipinski definition) is 3. The van der Waals surface area contributed by atoms with E-state index >= 15 is 0 Å². The molecular formula is C9H11ClF2N2O2. The van der Waals surface area contributed by atoms with Gasteiger partial charge in [0.25, 0.3) is 5.69 Å². The largest absolute Gasteiger partial charge is 0.324 e. The summed E-state index contributed by atoms with van der Waals surface area (Å²) in [5.74, 6) is 0. The Hall–Kier alpha value is -1.27. The summed E-state index contributed by atoms with van der Waals surface area (Å²) >= 11 is 0. The molecule has 0 heterocycles. The van der Waals surface area contributed by atoms with Gasteiger partial charge in [-0.15, -0.1) is 12.4 Å². The van der Waals surface area contributed by atoms with Crippen LogP contribution in [0.1, 0.15) is 18.0 Å². The molecule has 0 saturated heterocycles. The highest BCUT2D eigenvalue weighted by molar-refractivity contribution is 5.85. The molecule has 90 valence electrons. The van der Waals surface area contributed by atoms with E-state index in [1.54, 1.807) is 0 Å². The lowest BCUT2D eigenvalue weighted by Gasteiger charge is -2.11. The van der Waals surface area contributed by atoms with Gasteiger partial charge in [0.05, 0.1) is 4.92 Å². The van der Waals surface area contributed by atoms with E-state index in [2.05, 4.69) is 0 Å². The van der Waals surface area contributed by atoms with Crippen molar-refractivity contribution in [1.82, 2.24) is 0 Å². The Morgan fingerprint density at radius 1 is 1.38 bits per heavy atom. The van der Waals surface area contributed by atoms with Crippen LogP contribution < -0.4 is 5.73 Å². The molecular weight excluding hydrogens is 242 g/mol. The van der Waals surface area contributed by atoms with E-state index in [-0.39, 0.29) is 23.7 Å². The lowest BCUT2D eigenvalue weighted by atomic mass is 10.0. The van der Waals surface area contributed by atoms with Gasteiger partial charge >= 0.3 is 0 Å². The molecule has 0 unspecified atom stereocenters. The molecule has 1 rings (SSSR count). The fourth-order valence-electron chi connectivity index (χ4n) is 1.29. The predicted octanol–water partition coefficient (Wildman–Crippen LogP) is 2.67. The number of nitro benzene ring substituents is 1. The molecule has 7 heteroatoms. The molecule has 0 aromatic heterocycles. The van der Waals surface area contributed by atoms with Gasteiger partial charge in [-0.05, 0) is 0 Å². The zero-order chi connectivity index (χ0) is 11.4. The first kappa shape index (κ1) is 14.7. The number of halogens is 3. The molecule has 0 fully saturated rings. The van der Waals surface area contributed by atoms with Crippen molar-refractivity contribution in [3.05, 3.63) is 39.9 Å². The van der Waals surface area contributed by atoms with Crippen LogP contribution in [0, 0.1) is 10.1 Å². The van der Waals surface area contributed by atoms with E-state index in [0.717, 1.165) is 0 Å². The maximum atomic E-state index is 12.1. The van der Waals surface area contributed by atoms with Crippen LogP contribution in [0.2, 0.25) is 0 Å². The number of nitrogens with zero attached hydrogens (tertiary/aromatic N) is 1. The van der Waals surface area contributed by atoms with Crippen molar-refractivity contribution in [2.45, 2.75) is 18.9 Å². The van der Waals surface area contributed by atoms with Crippen LogP contribution in [0.4, 0.5) is 14.5 Å². The number of nitrogens with two attached hydrogens (primary N) is 1. The van der Waals surface area contributed by atoms with E-state index in [0.29, 0.717) is 0 Å². The Kier molecular flexibility index (Phi) is 5.84. The molecule has 1 atom stereocenters. The molecule has 1 aromatic rings. The molecule has 0 bridgehead atoms. The molecule has 0 spiro atoms. The number of nitro groups is 1. The van der Waals surface area contributed by atoms with Gasteiger partial charge in [-0.25, -0.2) is 8.78 Å². The van der Waals surface area contributed by atoms with E-state index in [1.165, 1.54) is 24.3 Å². The van der Waals surface area contributed by atoms with Gasteiger partial charge < -0.3 is 5.73 Å². The Bertz CT molecular complexity index is 363. The second kappa shape index (κ2) is 6.34. The predicted molar refractivity (Wildman–Crippen MR) is 57.9 cm³/mol. The third-order valence-corrected chi connectivity index (χ3v) is 1.97. The minimum Gasteiger partial charge on any atom is -0.324 e. The third-order valence-electron chi connectivity index (χ3n) is 1.97. The highest BCUT2D eigenvalue weighted by atomic mass is 35.5. The smallest absolute Gasteiger partial charge is 0.274 e. The molecule has 0 aliphatic carbocycles. The average molecular weight is 253 g/mol. The summed E-state index contributed by atoms with van der Waals surface area (Å²) < 4.78 is 24.1. The van der Waals surface area contributed by atoms with Gasteiger partial charge in [0, 0.05) is 24.1 Å². The second-order valence-corrected chi connectivity index (χ2v) is 3.05. The van der Waals surface area contributed by atoms with Crippen LogP contribution in [-0.2, 0) is 0 Å². The summed E-state index contributed by atoms with van der Waals surface area (Å²) in [5, 5.41) is 10.6. The topological polar surface area (TPSA) is 69.2 Å². The molecule has 1 aromatic carbocycles. The van der Waals surface area contributed by atoms with Gasteiger partial charge in [-0.1, -0.05) is 18.2 Å². The molecule has 0 radical (unpaired) electrons. The monoisotopic (exact) mass is 252 g/mol. The van der Waals surface area contributed by atoms with Gasteiger partial charge in [0.15, 0.2) is 0 Å². The van der Waals surface area contributed by atoms with E-state index in [1.807, 2.05) is 0 Å². The van der Waals surface area contributed by atoms with Crippen molar-refractivity contribution in [3.8, 4) is 0 Å². The number of alkyl halides is 2. The zero-order valence-corrected chi connectivity index (χ0v) is 8.99. The summed E-state index contributed by atoms with van der Waals surface area (Å²) in [6.07, 6.45) is -3.15. The molecule has 0 aliphatic rings. The first-order valence-corrected chi connectivity index (χ1v) is 4.29. The van der Waals surface area contributed by atoms with Crippen molar-refractivity contribution in [3.63, 3.8) is 0 Å². The molecule has 16 heavy (non-hydrogen) atoms. The summed E-state index contributed by atoms with van der Waals surface area (Å²) in [7, 11) is 0. The molecule has 2 N–H and O–H groups in total. The van der Waals surface area contributed by atoms with E-state index in [4.69, 9.17) is 5.73 Å². The zero-order valence-electron chi connectivity index (χ0n) is 8.18. The lowest BCUT2D eigenvalue weighted by Crippen LogP contribution is -2.15. The first-order chi connectivity index (χ1) is 7.02. The summed E-state index contributed by atoms with van der Waals surface area (Å²) in [6, 6.07) is 4.64. The standard InChI is InChI=1S/C9H10F2N2O2.ClH/c10-9(11)5-7(12)6-3-1-2-4-8(6)13(14)15;/h1-4,7,9H,5,12H2;1H/t7-;/m0./s1. The molecule has 0 aliphatic heterocycles. The van der Waals surface area contributed by atoms with Crippen LogP contribution in [-0.4, -0.2) is 11.3 Å². The Morgan fingerprint density at radius 2 is 1.94 bits per heavy atom. The summed E-state index contributed by atoms with van der Waals surface area (Å²) in [4.78, 5) is 9.95. The van der Waals surface area contributed by atoms with Crippen molar-refractivity contribution in [2.75, 3.05) is 0 Å². The number of benzene rings is 1. The van der Waals surface area contributed by atoms with Gasteiger partial charge in [0.1, 0.15) is 0 Å². The molecule has 4 nitrogen and oxygen atoms in total. The van der Waals surface area contributed by atoms with Gasteiger partial charge in [-0.2, -0.15) is 0 Å². The van der Waals surface area contributed by atoms with Crippen LogP contribution in [0.25, 0.3) is 0 Å². The Morgan fingerprint density at radius 3 is 2.44 bits per heavy atom. The van der Waals surface area contributed by atoms with Gasteiger partial charge in [0.2, 0.25) is 6.43 Å². The fraction of sp³-hybridized carbons (Fsp3) is 0.333. The molecule has 0 saturated carbocycles. The van der Waals surface area contributed by atoms with Crippen molar-refractivity contribution in [1.29, 1.82) is 0 Å². The normalized spacial score (nSPS) is 12.0. The highest BCUT2D eigenvalue weighted by Crippen LogP contribution is 2.26. The van der Waals surface area contributed by atoms with E-state index in [9.17, 15) is 18.9 Å². The van der Waals surface area contributed by atoms with Crippen LogP contribution >= 0.6 is 12.4 Å². The van der Waals surface area contributed by atoms with Crippen molar-refractivity contribution < 1.29 is 13.7 Å². The van der Waals surface area contributed by atoms with E-state index < -0.39 is 23.8 Å². The van der Waals surface area contributed by atoms with Gasteiger partial charge in [-0.3, -0.25) is 10.1 Å². The number of hydrogen-bond donors (Lipinski definition) is 1. The Balaban J connectivity index is 0.00000225. The molecule has 0 amide bonds. The second-order valence-electron chi connectivity index (χ2n) is 3.05. The SMILES string of the molecule is Cl.N[C@@H](CC(F)F)c1ccccc1[N+](=O)[O-]. The van der Waals surface area contributed by atoms with Crippen molar-refractivity contribution in [2.24, 2.45) is 5.73 Å². The minimum atomic E-state index is -2.57. The third kappa shape index (κ3) is 3.71. The number of para-hydroxylation sites is 1. The fourth-order valence-corrected chi connectivity index (χ4v) is 1.29. The maximum Gasteiger partial charge on any atom is 0.274 e. The highest BCUT2D eigenvalue weighted by Gasteiger charge is 2.21. The van der Waals surface area contributed by atoms with Crippen molar-refractivity contribution >= 4 is 18.1 Å². The van der Waals surface area contributed by atoms with Crippen LogP contribution in [0.3, 0.4) is 0 Å². The lowest BCUT2D eigenvalue weighted by molar-refractivity contribution is -0.385. The summed E-state index contributed by atoms with van der Waals surface area (Å²) in [5.41, 5.74) is 5.37. The van der Waals surface area contributed by atoms with Crippen LogP contribution in [0.15, 0.2) is 24.3 Å². The Labute approximate surface area is 97.0 Å². The average Bonchev–Trinajstić information content (AvgIpc) is 2.16. The minimum absolute atomic E-state index is 0. The summed E-state index contributed by atoms with van der Waals surface area (Å²) in [6.45, 7) is 0. The quantitative estimate of drug-likeness (QED) is 0.662. The maximum absolute atomic E-state index is 12.1. The first-order valence-electron chi connectivity index (χ1n) is 4.29.